The summed E-state index contributed by atoms with van der Waals surface area (Å²) in [5, 5.41) is 4.13. The van der Waals surface area contributed by atoms with Crippen LogP contribution in [-0.4, -0.2) is 13.6 Å². The molecule has 114 valence electrons. The van der Waals surface area contributed by atoms with Gasteiger partial charge in [0.15, 0.2) is 0 Å². The van der Waals surface area contributed by atoms with Gasteiger partial charge in [0.05, 0.1) is 21.4 Å². The second-order valence-corrected chi connectivity index (χ2v) is 7.94. The van der Waals surface area contributed by atoms with E-state index in [9.17, 15) is 8.42 Å². The molecule has 0 bridgehead atoms. The van der Waals surface area contributed by atoms with E-state index in [0.717, 1.165) is 0 Å². The van der Waals surface area contributed by atoms with E-state index in [0.29, 0.717) is 10.7 Å². The van der Waals surface area contributed by atoms with Crippen LogP contribution in [0, 0.1) is 0 Å². The molecule has 0 aliphatic rings. The Hall–Kier alpha value is -1.24. The molecule has 1 aromatic heterocycles. The Labute approximate surface area is 133 Å². The fraction of sp³-hybridized carbons (Fsp3) is 0.308. The van der Waals surface area contributed by atoms with Gasteiger partial charge in [-0.3, -0.25) is 4.72 Å². The summed E-state index contributed by atoms with van der Waals surface area (Å²) in [4.78, 5) is 0. The number of nitrogens with one attached hydrogen (secondary N) is 1. The first-order valence-corrected chi connectivity index (χ1v) is 8.28. The average Bonchev–Trinajstić information content (AvgIpc) is 2.83. The molecule has 1 aromatic carbocycles. The Bertz CT molecular complexity index is 764. The van der Waals surface area contributed by atoms with Crippen LogP contribution in [0.3, 0.4) is 0 Å². The molecule has 0 amide bonds. The van der Waals surface area contributed by atoms with E-state index in [1.54, 1.807) is 0 Å². The van der Waals surface area contributed by atoms with Gasteiger partial charge in [0.25, 0.3) is 15.1 Å². The predicted molar refractivity (Wildman–Crippen MR) is 82.5 cm³/mol. The van der Waals surface area contributed by atoms with Crippen LogP contribution in [0.2, 0.25) is 10.0 Å². The van der Waals surface area contributed by atoms with Gasteiger partial charge < -0.3 is 4.52 Å². The minimum atomic E-state index is -3.86. The fourth-order valence-corrected chi connectivity index (χ4v) is 2.74. The number of nitrogens with zero attached hydrogens (tertiary/aromatic N) is 1. The smallest absolute Gasteiger partial charge is 0.298 e. The molecule has 0 unspecified atom stereocenters. The molecule has 2 rings (SSSR count). The summed E-state index contributed by atoms with van der Waals surface area (Å²) in [6.07, 6.45) is 0. The summed E-state index contributed by atoms with van der Waals surface area (Å²) >= 11 is 11.6. The summed E-state index contributed by atoms with van der Waals surface area (Å²) in [6, 6.07) is 5.83. The minimum absolute atomic E-state index is 0.251. The third kappa shape index (κ3) is 3.70. The molecule has 0 radical (unpaired) electrons. The molecular formula is C13H14Cl2N2O3S. The Kier molecular flexibility index (Phi) is 4.24. The number of anilines is 1. The largest absolute Gasteiger partial charge is 0.342 e. The number of benzene rings is 1. The van der Waals surface area contributed by atoms with Gasteiger partial charge in [-0.05, 0) is 18.2 Å². The Morgan fingerprint density at radius 3 is 2.33 bits per heavy atom. The van der Waals surface area contributed by atoms with Gasteiger partial charge in [0, 0.05) is 11.5 Å². The molecule has 0 saturated carbocycles. The van der Waals surface area contributed by atoms with E-state index in [1.165, 1.54) is 24.3 Å². The van der Waals surface area contributed by atoms with Crippen LogP contribution in [-0.2, 0) is 15.4 Å². The number of aromatic nitrogens is 1. The van der Waals surface area contributed by atoms with Crippen LogP contribution in [0.1, 0.15) is 26.5 Å². The van der Waals surface area contributed by atoms with Gasteiger partial charge in [-0.1, -0.05) is 49.1 Å². The molecule has 5 nitrogen and oxygen atoms in total. The number of sulfonamides is 1. The normalized spacial score (nSPS) is 12.4. The highest BCUT2D eigenvalue weighted by molar-refractivity contribution is 7.92. The Morgan fingerprint density at radius 1 is 1.14 bits per heavy atom. The standard InChI is InChI=1S/C13H14Cl2N2O3S/c1-13(2,3)11-7-12(20-16-11)21(18,19)17-8-4-5-9(14)10(15)6-8/h4-7,17H,1-3H3. The Balaban J connectivity index is 2.30. The molecule has 0 atom stereocenters. The number of hydrogen-bond acceptors (Lipinski definition) is 4. The first kappa shape index (κ1) is 16.1. The molecule has 0 saturated heterocycles. The van der Waals surface area contributed by atoms with Crippen LogP contribution >= 0.6 is 23.2 Å². The molecule has 8 heteroatoms. The van der Waals surface area contributed by atoms with Crippen molar-refractivity contribution in [2.24, 2.45) is 0 Å². The monoisotopic (exact) mass is 348 g/mol. The zero-order valence-corrected chi connectivity index (χ0v) is 14.0. The van der Waals surface area contributed by atoms with Crippen molar-refractivity contribution in [1.29, 1.82) is 0 Å². The topological polar surface area (TPSA) is 72.2 Å². The highest BCUT2D eigenvalue weighted by Gasteiger charge is 2.25. The van der Waals surface area contributed by atoms with E-state index in [-0.39, 0.29) is 21.2 Å². The SMILES string of the molecule is CC(C)(C)c1cc(S(=O)(=O)Nc2ccc(Cl)c(Cl)c2)on1. The molecule has 1 N–H and O–H groups in total. The number of rotatable bonds is 3. The molecule has 0 fully saturated rings. The zero-order valence-electron chi connectivity index (χ0n) is 11.6. The molecule has 0 aliphatic carbocycles. The maximum atomic E-state index is 12.2. The van der Waals surface area contributed by atoms with Crippen molar-refractivity contribution in [2.75, 3.05) is 4.72 Å². The fourth-order valence-electron chi connectivity index (χ4n) is 1.50. The minimum Gasteiger partial charge on any atom is -0.342 e. The summed E-state index contributed by atoms with van der Waals surface area (Å²) in [5.41, 5.74) is 0.538. The van der Waals surface area contributed by atoms with Crippen molar-refractivity contribution in [1.82, 2.24) is 5.16 Å². The van der Waals surface area contributed by atoms with E-state index < -0.39 is 10.0 Å². The highest BCUT2D eigenvalue weighted by atomic mass is 35.5. The van der Waals surface area contributed by atoms with E-state index >= 15 is 0 Å². The molecule has 2 aromatic rings. The molecular weight excluding hydrogens is 335 g/mol. The van der Waals surface area contributed by atoms with Gasteiger partial charge in [0.1, 0.15) is 0 Å². The quantitative estimate of drug-likeness (QED) is 0.906. The first-order valence-electron chi connectivity index (χ1n) is 6.05. The third-order valence-electron chi connectivity index (χ3n) is 2.69. The lowest BCUT2D eigenvalue weighted by Crippen LogP contribution is -2.13. The van der Waals surface area contributed by atoms with Crippen LogP contribution in [0.4, 0.5) is 5.69 Å². The summed E-state index contributed by atoms with van der Waals surface area (Å²) in [6.45, 7) is 5.73. The molecule has 1 heterocycles. The van der Waals surface area contributed by atoms with Gasteiger partial charge in [-0.2, -0.15) is 8.42 Å². The predicted octanol–water partition coefficient (Wildman–Crippen LogP) is 4.08. The number of hydrogen-bond donors (Lipinski definition) is 1. The van der Waals surface area contributed by atoms with E-state index in [4.69, 9.17) is 27.7 Å². The summed E-state index contributed by atoms with van der Waals surface area (Å²) < 4.78 is 31.7. The molecule has 0 aliphatic heterocycles. The van der Waals surface area contributed by atoms with Crippen LogP contribution in [0.15, 0.2) is 33.9 Å². The lowest BCUT2D eigenvalue weighted by molar-refractivity contribution is 0.327. The third-order valence-corrected chi connectivity index (χ3v) is 4.66. The first-order chi connectivity index (χ1) is 9.59. The lowest BCUT2D eigenvalue weighted by atomic mass is 9.93. The van der Waals surface area contributed by atoms with Crippen molar-refractivity contribution in [3.05, 3.63) is 40.0 Å². The summed E-state index contributed by atoms with van der Waals surface area (Å²) in [5.74, 6) is 0. The second kappa shape index (κ2) is 5.51. The van der Waals surface area contributed by atoms with Gasteiger partial charge >= 0.3 is 0 Å². The highest BCUT2D eigenvalue weighted by Crippen LogP contribution is 2.28. The van der Waals surface area contributed by atoms with Gasteiger partial charge in [0.2, 0.25) is 0 Å². The van der Waals surface area contributed by atoms with Crippen molar-refractivity contribution in [3.63, 3.8) is 0 Å². The van der Waals surface area contributed by atoms with Crippen molar-refractivity contribution in [3.8, 4) is 0 Å². The van der Waals surface area contributed by atoms with Crippen molar-refractivity contribution >= 4 is 38.9 Å². The molecule has 21 heavy (non-hydrogen) atoms. The van der Waals surface area contributed by atoms with Crippen molar-refractivity contribution in [2.45, 2.75) is 31.3 Å². The maximum absolute atomic E-state index is 12.2. The van der Waals surface area contributed by atoms with Gasteiger partial charge in [-0.15, -0.1) is 0 Å². The van der Waals surface area contributed by atoms with E-state index in [1.807, 2.05) is 20.8 Å². The van der Waals surface area contributed by atoms with Crippen molar-refractivity contribution < 1.29 is 12.9 Å². The maximum Gasteiger partial charge on any atom is 0.298 e. The average molecular weight is 349 g/mol. The second-order valence-electron chi connectivity index (χ2n) is 5.52. The zero-order chi connectivity index (χ0) is 15.8. The van der Waals surface area contributed by atoms with Crippen LogP contribution in [0.25, 0.3) is 0 Å². The number of halogens is 2. The Morgan fingerprint density at radius 2 is 1.81 bits per heavy atom. The summed E-state index contributed by atoms with van der Waals surface area (Å²) in [7, 11) is -3.86. The van der Waals surface area contributed by atoms with Crippen LogP contribution in [0.5, 0.6) is 0 Å². The molecule has 0 spiro atoms. The van der Waals surface area contributed by atoms with Crippen LogP contribution < -0.4 is 4.72 Å². The van der Waals surface area contributed by atoms with Gasteiger partial charge in [-0.25, -0.2) is 0 Å². The van der Waals surface area contributed by atoms with E-state index in [2.05, 4.69) is 9.88 Å². The lowest BCUT2D eigenvalue weighted by Gasteiger charge is -2.12.